The molecule has 7 heteroatoms. The number of hydrogen-bond acceptors (Lipinski definition) is 6. The number of fused-ring (bicyclic) bond motifs is 2. The first-order chi connectivity index (χ1) is 17.6. The lowest BCUT2D eigenvalue weighted by Gasteiger charge is -2.46. The number of carbonyl (C=O) groups is 1. The molecule has 2 atom stereocenters. The van der Waals surface area contributed by atoms with E-state index in [-0.39, 0.29) is 11.8 Å². The van der Waals surface area contributed by atoms with Gasteiger partial charge in [-0.1, -0.05) is 6.07 Å². The number of ketones is 1. The first kappa shape index (κ1) is 21.3. The lowest BCUT2D eigenvalue weighted by Crippen LogP contribution is -2.59. The van der Waals surface area contributed by atoms with E-state index in [1.165, 1.54) is 5.70 Å². The number of aliphatic imine (C=N–C) groups is 2. The van der Waals surface area contributed by atoms with Crippen LogP contribution >= 0.6 is 0 Å². The third-order valence-electron chi connectivity index (χ3n) is 8.42. The largest absolute Gasteiger partial charge is 0.489 e. The van der Waals surface area contributed by atoms with Gasteiger partial charge in [-0.3, -0.25) is 14.3 Å². The van der Waals surface area contributed by atoms with Crippen molar-refractivity contribution in [2.75, 3.05) is 26.4 Å². The Hall–Kier alpha value is -4.02. The van der Waals surface area contributed by atoms with Gasteiger partial charge in [0.2, 0.25) is 0 Å². The van der Waals surface area contributed by atoms with E-state index >= 15 is 0 Å². The molecule has 2 unspecified atom stereocenters. The minimum absolute atomic E-state index is 0.228. The second kappa shape index (κ2) is 7.74. The highest BCUT2D eigenvalue weighted by atomic mass is 16.5. The molecule has 1 aliphatic carbocycles. The van der Waals surface area contributed by atoms with Crippen molar-refractivity contribution in [2.24, 2.45) is 9.98 Å². The number of Topliss-reactive ketones (excluding diaryl/α,β-unsaturated/α-hetero) is 1. The Balaban J connectivity index is 1.44. The second-order valence-electron chi connectivity index (χ2n) is 10.2. The zero-order valence-electron chi connectivity index (χ0n) is 20.2. The van der Waals surface area contributed by atoms with Crippen LogP contribution in [0.1, 0.15) is 37.3 Å². The predicted molar refractivity (Wildman–Crippen MR) is 139 cm³/mol. The summed E-state index contributed by atoms with van der Waals surface area (Å²) < 4.78 is 6.79. The van der Waals surface area contributed by atoms with Gasteiger partial charge in [0.05, 0.1) is 42.3 Å². The lowest BCUT2D eigenvalue weighted by atomic mass is 9.86. The van der Waals surface area contributed by atoms with Gasteiger partial charge in [-0.2, -0.15) is 5.26 Å². The van der Waals surface area contributed by atoms with E-state index in [9.17, 15) is 10.1 Å². The summed E-state index contributed by atoms with van der Waals surface area (Å²) in [5.74, 6) is 0.929. The SMILES string of the molecule is CC1=NC[N+]23CCN(C=C12)C1=Cc2cc4ccc(cc4c(c2C#N)N=C1)OCC=C1CCC3CC1=O. The monoisotopic (exact) mass is 476 g/mol. The molecule has 1 fully saturated rings. The summed E-state index contributed by atoms with van der Waals surface area (Å²) >= 11 is 0. The second-order valence-corrected chi connectivity index (χ2v) is 10.2. The molecular weight excluding hydrogens is 450 g/mol. The van der Waals surface area contributed by atoms with E-state index in [1.54, 1.807) is 0 Å². The van der Waals surface area contributed by atoms with Crippen LogP contribution in [-0.4, -0.2) is 59.5 Å². The van der Waals surface area contributed by atoms with Gasteiger partial charge >= 0.3 is 0 Å². The zero-order valence-corrected chi connectivity index (χ0v) is 20.2. The molecule has 0 aromatic heterocycles. The molecule has 0 radical (unpaired) electrons. The van der Waals surface area contributed by atoms with Gasteiger partial charge in [-0.05, 0) is 60.2 Å². The first-order valence-electron chi connectivity index (χ1n) is 12.5. The van der Waals surface area contributed by atoms with Crippen molar-refractivity contribution in [3.63, 3.8) is 0 Å². The molecule has 0 amide bonds. The maximum Gasteiger partial charge on any atom is 0.178 e. The maximum atomic E-state index is 13.2. The van der Waals surface area contributed by atoms with Gasteiger partial charge in [-0.15, -0.1) is 0 Å². The zero-order chi connectivity index (χ0) is 24.4. The van der Waals surface area contributed by atoms with E-state index < -0.39 is 0 Å². The van der Waals surface area contributed by atoms with E-state index in [2.05, 4.69) is 36.2 Å². The number of rotatable bonds is 0. The summed E-state index contributed by atoms with van der Waals surface area (Å²) in [5, 5.41) is 11.9. The average Bonchev–Trinajstić information content (AvgIpc) is 3.16. The molecule has 0 saturated heterocycles. The van der Waals surface area contributed by atoms with Crippen LogP contribution in [0, 0.1) is 11.3 Å². The molecule has 9 rings (SSSR count). The van der Waals surface area contributed by atoms with Crippen molar-refractivity contribution >= 4 is 40.2 Å². The molecule has 1 saturated carbocycles. The highest BCUT2D eigenvalue weighted by Gasteiger charge is 2.50. The molecule has 1 spiro atoms. The molecule has 7 aliphatic rings. The van der Waals surface area contributed by atoms with Gasteiger partial charge in [0.1, 0.15) is 36.7 Å². The van der Waals surface area contributed by atoms with Crippen LogP contribution in [0.15, 0.2) is 63.5 Å². The number of benzene rings is 2. The van der Waals surface area contributed by atoms with Crippen molar-refractivity contribution in [3.05, 3.63) is 64.6 Å². The van der Waals surface area contributed by atoms with Crippen LogP contribution in [0.25, 0.3) is 16.8 Å². The maximum absolute atomic E-state index is 13.2. The highest BCUT2D eigenvalue weighted by molar-refractivity contribution is 6.04. The van der Waals surface area contributed by atoms with Crippen molar-refractivity contribution in [3.8, 4) is 11.8 Å². The van der Waals surface area contributed by atoms with Gasteiger partial charge in [0, 0.05) is 11.8 Å². The Bertz CT molecular complexity index is 1550. The van der Waals surface area contributed by atoms with E-state index in [0.29, 0.717) is 36.7 Å². The molecule has 7 nitrogen and oxygen atoms in total. The molecule has 178 valence electrons. The number of allylic oxidation sites excluding steroid dienone is 3. The van der Waals surface area contributed by atoms with E-state index in [4.69, 9.17) is 14.7 Å². The summed E-state index contributed by atoms with van der Waals surface area (Å²) in [6, 6.07) is 10.6. The summed E-state index contributed by atoms with van der Waals surface area (Å²) in [6.45, 7) is 4.79. The Morgan fingerprint density at radius 1 is 1.28 bits per heavy atom. The highest BCUT2D eigenvalue weighted by Crippen LogP contribution is 2.41. The van der Waals surface area contributed by atoms with Gasteiger partial charge in [-0.25, -0.2) is 4.99 Å². The lowest BCUT2D eigenvalue weighted by molar-refractivity contribution is -0.909. The fourth-order valence-electron chi connectivity index (χ4n) is 6.41. The molecule has 6 heterocycles. The molecule has 9 bridgehead atoms. The molecular formula is C29H26N5O2+. The third-order valence-corrected chi connectivity index (χ3v) is 8.42. The van der Waals surface area contributed by atoms with Gasteiger partial charge in [0.15, 0.2) is 18.1 Å². The molecule has 0 N–H and O–H groups in total. The number of carbonyl (C=O) groups excluding carboxylic acids is 1. The summed E-state index contributed by atoms with van der Waals surface area (Å²) in [6.07, 6.45) is 10.4. The van der Waals surface area contributed by atoms with Crippen LogP contribution < -0.4 is 4.74 Å². The summed E-state index contributed by atoms with van der Waals surface area (Å²) in [5.41, 5.74) is 6.17. The van der Waals surface area contributed by atoms with Crippen molar-refractivity contribution < 1.29 is 14.0 Å². The van der Waals surface area contributed by atoms with Crippen molar-refractivity contribution in [1.29, 1.82) is 5.26 Å². The third kappa shape index (κ3) is 3.04. The van der Waals surface area contributed by atoms with Crippen LogP contribution in [0.2, 0.25) is 0 Å². The van der Waals surface area contributed by atoms with Crippen LogP contribution in [0.3, 0.4) is 0 Å². The van der Waals surface area contributed by atoms with Gasteiger partial charge in [0.25, 0.3) is 0 Å². The predicted octanol–water partition coefficient (Wildman–Crippen LogP) is 4.61. The summed E-state index contributed by atoms with van der Waals surface area (Å²) in [4.78, 5) is 25.1. The topological polar surface area (TPSA) is 78.1 Å². The molecule has 2 aromatic rings. The minimum Gasteiger partial charge on any atom is -0.489 e. The number of hydrogen-bond donors (Lipinski definition) is 0. The van der Waals surface area contributed by atoms with E-state index in [0.717, 1.165) is 63.7 Å². The van der Waals surface area contributed by atoms with Crippen LogP contribution in [0.4, 0.5) is 5.69 Å². The standard InChI is InChI=1S/C29H26N5O2/c1-18-27-16-33-7-8-34(27,17-32-18)23-4-2-19(28(35)12-23)6-9-36-24-5-3-20-10-21-11-22(33)15-31-29(25(20)13-24)26(21)14-30/h3,5-6,10-11,13,15-16,23H,2,4,7-9,12,17H2,1H3/q+1. The fourth-order valence-corrected chi connectivity index (χ4v) is 6.41. The average molecular weight is 477 g/mol. The molecule has 6 aliphatic heterocycles. The summed E-state index contributed by atoms with van der Waals surface area (Å²) in [7, 11) is 0. The Morgan fingerprint density at radius 3 is 3.06 bits per heavy atom. The van der Waals surface area contributed by atoms with E-state index in [1.807, 2.05) is 30.5 Å². The number of ether oxygens (including phenoxy) is 1. The Labute approximate surface area is 209 Å². The first-order valence-corrected chi connectivity index (χ1v) is 12.5. The number of quaternary nitrogens is 1. The van der Waals surface area contributed by atoms with Crippen LogP contribution in [0.5, 0.6) is 5.75 Å². The Kier molecular flexibility index (Phi) is 4.57. The van der Waals surface area contributed by atoms with Crippen LogP contribution in [-0.2, 0) is 4.79 Å². The molecule has 36 heavy (non-hydrogen) atoms. The normalized spacial score (nSPS) is 26.3. The number of nitriles is 1. The van der Waals surface area contributed by atoms with Crippen molar-refractivity contribution in [2.45, 2.75) is 32.2 Å². The minimum atomic E-state index is 0.228. The number of nitrogens with zero attached hydrogens (tertiary/aromatic N) is 5. The Morgan fingerprint density at radius 2 is 2.19 bits per heavy atom. The van der Waals surface area contributed by atoms with Crippen molar-refractivity contribution in [1.82, 2.24) is 4.90 Å². The smallest absolute Gasteiger partial charge is 0.178 e. The van der Waals surface area contributed by atoms with Gasteiger partial charge < -0.3 is 9.64 Å². The molecule has 2 aromatic carbocycles. The fraction of sp³-hybridized carbons (Fsp3) is 0.310. The quantitative estimate of drug-likeness (QED) is 0.520.